The molecule has 0 aromatic heterocycles. The molecule has 6 heteroatoms. The van der Waals surface area contributed by atoms with Crippen molar-refractivity contribution in [1.29, 1.82) is 0 Å². The summed E-state index contributed by atoms with van der Waals surface area (Å²) in [5.74, 6) is -0.597. The lowest BCUT2D eigenvalue weighted by Crippen LogP contribution is -2.27. The van der Waals surface area contributed by atoms with Crippen LogP contribution in [0.3, 0.4) is 0 Å². The molecule has 0 heterocycles. The lowest BCUT2D eigenvalue weighted by atomic mass is 10.1. The molecule has 0 bridgehead atoms. The number of alkyl halides is 1. The van der Waals surface area contributed by atoms with E-state index in [1.807, 2.05) is 0 Å². The summed E-state index contributed by atoms with van der Waals surface area (Å²) in [6, 6.07) is 4.50. The zero-order valence-corrected chi connectivity index (χ0v) is 12.7. The SMILES string of the molecule is CC(C)(C)[S+]([O-])/N=C(\CF)c1cccc(Br)c1F. The number of hydrogen-bond donors (Lipinski definition) is 0. The summed E-state index contributed by atoms with van der Waals surface area (Å²) < 4.78 is 42.0. The van der Waals surface area contributed by atoms with E-state index in [1.54, 1.807) is 26.8 Å². The molecule has 0 aliphatic rings. The topological polar surface area (TPSA) is 35.4 Å². The number of nitrogens with zero attached hydrogens (tertiary/aromatic N) is 1. The first-order valence-corrected chi connectivity index (χ1v) is 7.17. The molecule has 18 heavy (non-hydrogen) atoms. The predicted octanol–water partition coefficient (Wildman–Crippen LogP) is 3.81. The third kappa shape index (κ3) is 3.76. The zero-order valence-electron chi connectivity index (χ0n) is 10.3. The van der Waals surface area contributed by atoms with Gasteiger partial charge in [0.1, 0.15) is 34.3 Å². The van der Waals surface area contributed by atoms with Gasteiger partial charge in [-0.15, -0.1) is 0 Å². The smallest absolute Gasteiger partial charge is 0.146 e. The number of hydrogen-bond acceptors (Lipinski definition) is 2. The highest BCUT2D eigenvalue weighted by Crippen LogP contribution is 2.22. The zero-order chi connectivity index (χ0) is 13.9. The summed E-state index contributed by atoms with van der Waals surface area (Å²) in [7, 11) is 0. The van der Waals surface area contributed by atoms with Gasteiger partial charge in [0.15, 0.2) is 0 Å². The van der Waals surface area contributed by atoms with Crippen molar-refractivity contribution in [2.45, 2.75) is 25.5 Å². The van der Waals surface area contributed by atoms with E-state index >= 15 is 0 Å². The maximum absolute atomic E-state index is 13.8. The molecule has 1 aromatic rings. The third-order valence-electron chi connectivity index (χ3n) is 2.11. The second-order valence-electron chi connectivity index (χ2n) is 4.63. The lowest BCUT2D eigenvalue weighted by Gasteiger charge is -2.19. The van der Waals surface area contributed by atoms with Crippen molar-refractivity contribution in [3.05, 3.63) is 34.1 Å². The van der Waals surface area contributed by atoms with Crippen LogP contribution in [-0.4, -0.2) is 21.7 Å². The average Bonchev–Trinajstić information content (AvgIpc) is 2.28. The summed E-state index contributed by atoms with van der Waals surface area (Å²) in [5.41, 5.74) is -0.105. The van der Waals surface area contributed by atoms with Crippen molar-refractivity contribution in [2.24, 2.45) is 4.40 Å². The molecule has 0 fully saturated rings. The van der Waals surface area contributed by atoms with Crippen LogP contribution in [0.2, 0.25) is 0 Å². The van der Waals surface area contributed by atoms with Gasteiger partial charge in [-0.1, -0.05) is 10.5 Å². The van der Waals surface area contributed by atoms with Crippen LogP contribution in [0.1, 0.15) is 26.3 Å². The summed E-state index contributed by atoms with van der Waals surface area (Å²) in [4.78, 5) is 0. The van der Waals surface area contributed by atoms with Crippen molar-refractivity contribution in [3.8, 4) is 0 Å². The molecule has 1 unspecified atom stereocenters. The Morgan fingerprint density at radius 2 is 2.06 bits per heavy atom. The molecule has 0 saturated heterocycles. The minimum Gasteiger partial charge on any atom is -0.591 e. The largest absolute Gasteiger partial charge is 0.591 e. The first-order chi connectivity index (χ1) is 8.27. The van der Waals surface area contributed by atoms with Crippen molar-refractivity contribution >= 4 is 33.0 Å². The van der Waals surface area contributed by atoms with Crippen LogP contribution in [0, 0.1) is 5.82 Å². The van der Waals surface area contributed by atoms with Crippen LogP contribution in [0.4, 0.5) is 8.78 Å². The van der Waals surface area contributed by atoms with Crippen LogP contribution in [0.25, 0.3) is 0 Å². The standard InChI is InChI=1S/C12H14BrF2NOS/c1-12(2,3)18(17)16-10(7-14)8-5-4-6-9(13)11(8)15/h4-6H,7H2,1-3H3/b16-10+. The van der Waals surface area contributed by atoms with Crippen LogP contribution in [0.15, 0.2) is 27.1 Å². The molecule has 2 nitrogen and oxygen atoms in total. The molecule has 0 saturated carbocycles. The van der Waals surface area contributed by atoms with E-state index in [0.29, 0.717) is 0 Å². The second kappa shape index (κ2) is 6.12. The molecule has 0 N–H and O–H groups in total. The number of rotatable bonds is 3. The second-order valence-corrected chi connectivity index (χ2v) is 7.39. The monoisotopic (exact) mass is 337 g/mol. The third-order valence-corrected chi connectivity index (χ3v) is 4.15. The van der Waals surface area contributed by atoms with Gasteiger partial charge in [-0.25, -0.2) is 8.78 Å². The van der Waals surface area contributed by atoms with Gasteiger partial charge in [-0.3, -0.25) is 0 Å². The molecule has 1 aromatic carbocycles. The first kappa shape index (κ1) is 15.6. The maximum atomic E-state index is 13.8. The Morgan fingerprint density at radius 3 is 2.56 bits per heavy atom. The normalized spacial score (nSPS) is 14.7. The average molecular weight is 338 g/mol. The van der Waals surface area contributed by atoms with Gasteiger partial charge in [-0.05, 0) is 48.8 Å². The fourth-order valence-corrected chi connectivity index (χ4v) is 2.10. The van der Waals surface area contributed by atoms with Gasteiger partial charge < -0.3 is 4.55 Å². The quantitative estimate of drug-likeness (QED) is 0.610. The molecule has 0 amide bonds. The fourth-order valence-electron chi connectivity index (χ4n) is 1.11. The van der Waals surface area contributed by atoms with Crippen LogP contribution < -0.4 is 0 Å². The van der Waals surface area contributed by atoms with Crippen LogP contribution >= 0.6 is 15.9 Å². The van der Waals surface area contributed by atoms with Crippen molar-refractivity contribution in [1.82, 2.24) is 0 Å². The van der Waals surface area contributed by atoms with Gasteiger partial charge in [0, 0.05) is 5.56 Å². The van der Waals surface area contributed by atoms with Gasteiger partial charge in [0.05, 0.1) is 4.47 Å². The highest BCUT2D eigenvalue weighted by atomic mass is 79.9. The summed E-state index contributed by atoms with van der Waals surface area (Å²) in [5, 5.41) is 0. The van der Waals surface area contributed by atoms with Gasteiger partial charge in [0.25, 0.3) is 0 Å². The Labute approximate surface area is 117 Å². The van der Waals surface area contributed by atoms with Gasteiger partial charge >= 0.3 is 0 Å². The Bertz CT molecular complexity index is 460. The highest BCUT2D eigenvalue weighted by Gasteiger charge is 2.28. The number of benzene rings is 1. The van der Waals surface area contributed by atoms with Gasteiger partial charge in [-0.2, -0.15) is 0 Å². The molecule has 0 aliphatic carbocycles. The maximum Gasteiger partial charge on any atom is 0.146 e. The summed E-state index contributed by atoms with van der Waals surface area (Å²) in [6.07, 6.45) is 0. The molecular formula is C12H14BrF2NOS. The fraction of sp³-hybridized carbons (Fsp3) is 0.417. The van der Waals surface area contributed by atoms with E-state index in [4.69, 9.17) is 0 Å². The van der Waals surface area contributed by atoms with E-state index in [9.17, 15) is 13.3 Å². The lowest BCUT2D eigenvalue weighted by molar-refractivity contribution is 0.557. The van der Waals surface area contributed by atoms with Gasteiger partial charge in [0.2, 0.25) is 0 Å². The molecule has 0 spiro atoms. The molecule has 100 valence electrons. The highest BCUT2D eigenvalue weighted by molar-refractivity contribution is 9.10. The Morgan fingerprint density at radius 1 is 1.44 bits per heavy atom. The van der Waals surface area contributed by atoms with E-state index in [-0.39, 0.29) is 15.7 Å². The Balaban J connectivity index is 3.18. The van der Waals surface area contributed by atoms with Crippen LogP contribution in [-0.2, 0) is 11.4 Å². The van der Waals surface area contributed by atoms with Crippen molar-refractivity contribution < 1.29 is 13.3 Å². The predicted molar refractivity (Wildman–Crippen MR) is 74.5 cm³/mol. The van der Waals surface area contributed by atoms with E-state index in [2.05, 4.69) is 20.3 Å². The Kier molecular flexibility index (Phi) is 5.31. The van der Waals surface area contributed by atoms with E-state index < -0.39 is 28.6 Å². The van der Waals surface area contributed by atoms with E-state index in [1.165, 1.54) is 12.1 Å². The van der Waals surface area contributed by atoms with Crippen molar-refractivity contribution in [2.75, 3.05) is 6.67 Å². The molecular weight excluding hydrogens is 324 g/mol. The Hall–Kier alpha value is -0.460. The molecule has 0 aliphatic heterocycles. The summed E-state index contributed by atoms with van der Waals surface area (Å²) in [6.45, 7) is 4.20. The minimum absolute atomic E-state index is 0.0319. The van der Waals surface area contributed by atoms with E-state index in [0.717, 1.165) is 0 Å². The van der Waals surface area contributed by atoms with Crippen molar-refractivity contribution in [3.63, 3.8) is 0 Å². The summed E-state index contributed by atoms with van der Waals surface area (Å²) >= 11 is 1.40. The number of halogens is 3. The first-order valence-electron chi connectivity index (χ1n) is 5.27. The van der Waals surface area contributed by atoms with Crippen LogP contribution in [0.5, 0.6) is 0 Å². The molecule has 0 radical (unpaired) electrons. The molecule has 1 rings (SSSR count). The minimum atomic E-state index is -1.62. The molecule has 1 atom stereocenters.